The van der Waals surface area contributed by atoms with E-state index in [4.69, 9.17) is 9.47 Å². The Kier molecular flexibility index (Phi) is 8.65. The summed E-state index contributed by atoms with van der Waals surface area (Å²) in [5, 5.41) is 20.2. The zero-order chi connectivity index (χ0) is 24.6. The van der Waals surface area contributed by atoms with Gasteiger partial charge in [-0.25, -0.2) is 0 Å². The van der Waals surface area contributed by atoms with Crippen molar-refractivity contribution in [2.45, 2.75) is 43.9 Å². The first-order valence-electron chi connectivity index (χ1n) is 12.0. The predicted octanol–water partition coefficient (Wildman–Crippen LogP) is 4.39. The summed E-state index contributed by atoms with van der Waals surface area (Å²) in [6, 6.07) is 14.8. The minimum absolute atomic E-state index is 0.0936. The molecule has 35 heavy (non-hydrogen) atoms. The maximum Gasteiger partial charge on any atom is 0.232 e. The Morgan fingerprint density at radius 2 is 1.83 bits per heavy atom. The monoisotopic (exact) mass is 496 g/mol. The molecule has 1 aliphatic heterocycles. The summed E-state index contributed by atoms with van der Waals surface area (Å²) in [4.78, 5) is 14.0. The van der Waals surface area contributed by atoms with Crippen LogP contribution >= 0.6 is 11.8 Å². The van der Waals surface area contributed by atoms with Gasteiger partial charge in [0.2, 0.25) is 5.95 Å². The summed E-state index contributed by atoms with van der Waals surface area (Å²) < 4.78 is 13.4. The third-order valence-electron chi connectivity index (χ3n) is 5.93. The van der Waals surface area contributed by atoms with Crippen molar-refractivity contribution in [2.24, 2.45) is 0 Å². The molecule has 3 aromatic rings. The summed E-state index contributed by atoms with van der Waals surface area (Å²) in [7, 11) is 1.66. The number of ketones is 1. The fourth-order valence-corrected chi connectivity index (χ4v) is 4.88. The molecule has 2 aromatic carbocycles. The molecule has 1 aliphatic rings. The van der Waals surface area contributed by atoms with Crippen LogP contribution in [0.4, 0.5) is 5.95 Å². The molecule has 0 aliphatic carbocycles. The van der Waals surface area contributed by atoms with Crippen molar-refractivity contribution in [1.29, 1.82) is 0 Å². The number of hydrogen-bond donors (Lipinski definition) is 1. The molecule has 0 spiro atoms. The Hall–Kier alpha value is -3.04. The Labute approximate surface area is 210 Å². The number of piperidine rings is 1. The van der Waals surface area contributed by atoms with Crippen molar-refractivity contribution in [1.82, 2.24) is 14.8 Å². The number of carbonyl (C=O) groups is 1. The highest BCUT2D eigenvalue weighted by atomic mass is 32.2. The van der Waals surface area contributed by atoms with Gasteiger partial charge in [-0.3, -0.25) is 9.36 Å². The molecule has 8 nitrogen and oxygen atoms in total. The number of nitrogens with zero attached hydrogens (tertiary/aromatic N) is 4. The normalized spacial score (nSPS) is 14.5. The van der Waals surface area contributed by atoms with Gasteiger partial charge in [0, 0.05) is 30.8 Å². The fraction of sp³-hybridized carbons (Fsp3) is 0.423. The Bertz CT molecular complexity index is 1110. The fourth-order valence-electron chi connectivity index (χ4n) is 4.03. The second kappa shape index (κ2) is 12.1. The van der Waals surface area contributed by atoms with Crippen molar-refractivity contribution < 1.29 is 19.4 Å². The van der Waals surface area contributed by atoms with Gasteiger partial charge in [0.1, 0.15) is 18.1 Å². The molecule has 1 atom stereocenters. The van der Waals surface area contributed by atoms with E-state index in [2.05, 4.69) is 15.1 Å². The minimum atomic E-state index is -0.710. The molecule has 4 rings (SSSR count). The van der Waals surface area contributed by atoms with Gasteiger partial charge in [-0.1, -0.05) is 30.8 Å². The van der Waals surface area contributed by atoms with Crippen molar-refractivity contribution in [3.63, 3.8) is 0 Å². The van der Waals surface area contributed by atoms with Crippen molar-refractivity contribution in [3.8, 4) is 17.2 Å². The second-order valence-corrected chi connectivity index (χ2v) is 9.40. The number of para-hydroxylation sites is 2. The van der Waals surface area contributed by atoms with Gasteiger partial charge in [0.15, 0.2) is 10.9 Å². The summed E-state index contributed by atoms with van der Waals surface area (Å²) in [5.74, 6) is 2.63. The number of aromatic nitrogens is 3. The maximum absolute atomic E-state index is 11.8. The highest BCUT2D eigenvalue weighted by Crippen LogP contribution is 2.33. The summed E-state index contributed by atoms with van der Waals surface area (Å²) in [6.07, 6.45) is 3.24. The molecule has 9 heteroatoms. The molecule has 1 fully saturated rings. The van der Waals surface area contributed by atoms with Crippen molar-refractivity contribution in [2.75, 3.05) is 37.5 Å². The number of benzene rings is 2. The number of rotatable bonds is 11. The van der Waals surface area contributed by atoms with E-state index in [-0.39, 0.29) is 12.4 Å². The molecule has 186 valence electrons. The summed E-state index contributed by atoms with van der Waals surface area (Å²) >= 11 is 1.43. The lowest BCUT2D eigenvalue weighted by Gasteiger charge is -2.28. The number of ether oxygens (including phenoxy) is 2. The van der Waals surface area contributed by atoms with Crippen LogP contribution in [0.25, 0.3) is 5.69 Å². The molecule has 1 unspecified atom stereocenters. The number of Topliss-reactive ketones (excluding diaryl/α,β-unsaturated/α-hetero) is 1. The number of aliphatic hydroxyl groups excluding tert-OH is 1. The van der Waals surface area contributed by atoms with Crippen LogP contribution in [-0.4, -0.2) is 64.3 Å². The first kappa shape index (κ1) is 25.1. The summed E-state index contributed by atoms with van der Waals surface area (Å²) in [6.45, 7) is 3.86. The molecular formula is C26H32N4O4S. The van der Waals surface area contributed by atoms with E-state index in [1.807, 2.05) is 35.8 Å². The van der Waals surface area contributed by atoms with E-state index in [1.54, 1.807) is 31.4 Å². The van der Waals surface area contributed by atoms with Crippen LogP contribution in [0.2, 0.25) is 0 Å². The Balaban J connectivity index is 1.45. The van der Waals surface area contributed by atoms with Gasteiger partial charge >= 0.3 is 0 Å². The van der Waals surface area contributed by atoms with E-state index in [1.165, 1.54) is 18.2 Å². The highest BCUT2D eigenvalue weighted by molar-refractivity contribution is 7.99. The SMILES string of the molecule is CCC(=O)c1ccc(OCC(O)CSc2nnc(N3CCCCC3)n2-c2ccccc2OC)cc1. The molecule has 0 amide bonds. The molecule has 1 aromatic heterocycles. The molecule has 0 radical (unpaired) electrons. The van der Waals surface area contributed by atoms with E-state index >= 15 is 0 Å². The van der Waals surface area contributed by atoms with Crippen LogP contribution in [0.15, 0.2) is 53.7 Å². The maximum atomic E-state index is 11.8. The third-order valence-corrected chi connectivity index (χ3v) is 7.00. The van der Waals surface area contributed by atoms with Crippen LogP contribution in [0, 0.1) is 0 Å². The highest BCUT2D eigenvalue weighted by Gasteiger charge is 2.24. The topological polar surface area (TPSA) is 89.7 Å². The quantitative estimate of drug-likeness (QED) is 0.309. The first-order valence-corrected chi connectivity index (χ1v) is 13.0. The molecule has 2 heterocycles. The third kappa shape index (κ3) is 6.15. The largest absolute Gasteiger partial charge is 0.495 e. The molecule has 0 saturated carbocycles. The smallest absolute Gasteiger partial charge is 0.232 e. The lowest BCUT2D eigenvalue weighted by Crippen LogP contribution is -2.31. The predicted molar refractivity (Wildman–Crippen MR) is 137 cm³/mol. The zero-order valence-electron chi connectivity index (χ0n) is 20.2. The number of thioether (sulfide) groups is 1. The number of aliphatic hydroxyl groups is 1. The second-order valence-electron chi connectivity index (χ2n) is 8.41. The first-order chi connectivity index (χ1) is 17.1. The van der Waals surface area contributed by atoms with Gasteiger partial charge < -0.3 is 19.5 Å². The van der Waals surface area contributed by atoms with Crippen LogP contribution in [0.3, 0.4) is 0 Å². The van der Waals surface area contributed by atoms with Gasteiger partial charge in [0.05, 0.1) is 18.9 Å². The Morgan fingerprint density at radius 3 is 2.54 bits per heavy atom. The van der Waals surface area contributed by atoms with E-state index in [0.717, 1.165) is 43.3 Å². The Morgan fingerprint density at radius 1 is 1.09 bits per heavy atom. The zero-order valence-corrected chi connectivity index (χ0v) is 21.0. The molecule has 0 bridgehead atoms. The average molecular weight is 497 g/mol. The average Bonchev–Trinajstić information content (AvgIpc) is 3.34. The van der Waals surface area contributed by atoms with Crippen LogP contribution < -0.4 is 14.4 Å². The molecular weight excluding hydrogens is 464 g/mol. The van der Waals surface area contributed by atoms with Crippen LogP contribution in [0.5, 0.6) is 11.5 Å². The van der Waals surface area contributed by atoms with Crippen molar-refractivity contribution >= 4 is 23.5 Å². The van der Waals surface area contributed by atoms with Crippen LogP contribution in [0.1, 0.15) is 43.0 Å². The number of carbonyl (C=O) groups excluding carboxylic acids is 1. The lowest BCUT2D eigenvalue weighted by atomic mass is 10.1. The van der Waals surface area contributed by atoms with Gasteiger partial charge in [-0.15, -0.1) is 10.2 Å². The van der Waals surface area contributed by atoms with Gasteiger partial charge in [-0.2, -0.15) is 0 Å². The summed E-state index contributed by atoms with van der Waals surface area (Å²) in [5.41, 5.74) is 1.53. The molecule has 1 saturated heterocycles. The van der Waals surface area contributed by atoms with Crippen LogP contribution in [-0.2, 0) is 0 Å². The standard InChI is InChI=1S/C26H32N4O4S/c1-3-23(32)19-11-13-21(14-12-19)34-17-20(31)18-35-26-28-27-25(29-15-7-4-8-16-29)30(26)22-9-5-6-10-24(22)33-2/h5-6,9-14,20,31H,3-4,7-8,15-18H2,1-2H3. The number of anilines is 1. The van der Waals surface area contributed by atoms with Gasteiger partial charge in [0.25, 0.3) is 0 Å². The van der Waals surface area contributed by atoms with Crippen molar-refractivity contribution in [3.05, 3.63) is 54.1 Å². The lowest BCUT2D eigenvalue weighted by molar-refractivity contribution is 0.0987. The van der Waals surface area contributed by atoms with E-state index < -0.39 is 6.10 Å². The number of methoxy groups -OCH3 is 1. The number of hydrogen-bond acceptors (Lipinski definition) is 8. The molecule has 1 N–H and O–H groups in total. The minimum Gasteiger partial charge on any atom is -0.495 e. The van der Waals surface area contributed by atoms with E-state index in [9.17, 15) is 9.90 Å². The van der Waals surface area contributed by atoms with Gasteiger partial charge in [-0.05, 0) is 55.7 Å². The van der Waals surface area contributed by atoms with E-state index in [0.29, 0.717) is 28.6 Å².